The summed E-state index contributed by atoms with van der Waals surface area (Å²) in [7, 11) is 1.66. The molecule has 1 N–H and O–H groups in total. The molecule has 4 rings (SSSR count). The number of rotatable bonds is 5. The van der Waals surface area contributed by atoms with Crippen molar-refractivity contribution < 1.29 is 14.1 Å². The molecule has 0 bridgehead atoms. The monoisotopic (exact) mass is 341 g/mol. The quantitative estimate of drug-likeness (QED) is 0.906. The Morgan fingerprint density at radius 2 is 2.04 bits per heavy atom. The van der Waals surface area contributed by atoms with Crippen LogP contribution >= 0.6 is 0 Å². The summed E-state index contributed by atoms with van der Waals surface area (Å²) >= 11 is 0. The van der Waals surface area contributed by atoms with Crippen LogP contribution in [0.15, 0.2) is 34.9 Å². The van der Waals surface area contributed by atoms with Crippen LogP contribution in [0.2, 0.25) is 0 Å². The highest BCUT2D eigenvalue weighted by atomic mass is 16.5. The SMILES string of the molecule is COc1ccc(N2C[C@H](C)[C@H](NC(=O)c3cc(C4CC4)on3)C2)cc1. The highest BCUT2D eigenvalue weighted by Gasteiger charge is 2.33. The Morgan fingerprint density at radius 1 is 1.28 bits per heavy atom. The van der Waals surface area contributed by atoms with Crippen molar-refractivity contribution in [2.75, 3.05) is 25.1 Å². The number of carbonyl (C=O) groups excluding carboxylic acids is 1. The molecular weight excluding hydrogens is 318 g/mol. The molecule has 0 unspecified atom stereocenters. The standard InChI is InChI=1S/C19H23N3O3/c1-12-10-22(14-5-7-15(24-2)8-6-14)11-17(12)20-19(23)16-9-18(25-21-16)13-3-4-13/h5-9,12-13,17H,3-4,10-11H2,1-2H3,(H,20,23)/t12-,17+/m0/s1. The van der Waals surface area contributed by atoms with Crippen LogP contribution in [0.5, 0.6) is 5.75 Å². The maximum absolute atomic E-state index is 12.5. The lowest BCUT2D eigenvalue weighted by Crippen LogP contribution is -2.40. The zero-order valence-electron chi connectivity index (χ0n) is 14.6. The van der Waals surface area contributed by atoms with Gasteiger partial charge < -0.3 is 19.5 Å². The molecule has 1 saturated carbocycles. The van der Waals surface area contributed by atoms with E-state index in [1.54, 1.807) is 13.2 Å². The lowest BCUT2D eigenvalue weighted by molar-refractivity contribution is 0.0924. The van der Waals surface area contributed by atoms with E-state index in [9.17, 15) is 4.79 Å². The van der Waals surface area contributed by atoms with Crippen molar-refractivity contribution >= 4 is 11.6 Å². The fourth-order valence-corrected chi connectivity index (χ4v) is 3.36. The molecule has 2 aliphatic rings. The van der Waals surface area contributed by atoms with Gasteiger partial charge in [-0.3, -0.25) is 4.79 Å². The van der Waals surface area contributed by atoms with Gasteiger partial charge in [-0.05, 0) is 43.0 Å². The van der Waals surface area contributed by atoms with Gasteiger partial charge in [0.1, 0.15) is 11.5 Å². The van der Waals surface area contributed by atoms with Gasteiger partial charge in [0.15, 0.2) is 5.69 Å². The molecule has 132 valence electrons. The van der Waals surface area contributed by atoms with Crippen LogP contribution in [0.1, 0.15) is 41.9 Å². The number of methoxy groups -OCH3 is 1. The zero-order valence-corrected chi connectivity index (χ0v) is 14.6. The average Bonchev–Trinajstić information content (AvgIpc) is 3.25. The molecule has 6 nitrogen and oxygen atoms in total. The van der Waals surface area contributed by atoms with Crippen molar-refractivity contribution in [1.29, 1.82) is 0 Å². The number of hydrogen-bond donors (Lipinski definition) is 1. The molecule has 1 aromatic carbocycles. The van der Waals surface area contributed by atoms with Crippen molar-refractivity contribution in [3.05, 3.63) is 41.8 Å². The van der Waals surface area contributed by atoms with Crippen molar-refractivity contribution in [1.82, 2.24) is 10.5 Å². The van der Waals surface area contributed by atoms with E-state index >= 15 is 0 Å². The minimum Gasteiger partial charge on any atom is -0.497 e. The fraction of sp³-hybridized carbons (Fsp3) is 0.474. The maximum Gasteiger partial charge on any atom is 0.273 e. The second kappa shape index (κ2) is 6.43. The maximum atomic E-state index is 12.5. The molecule has 1 aliphatic carbocycles. The van der Waals surface area contributed by atoms with E-state index < -0.39 is 0 Å². The van der Waals surface area contributed by atoms with Gasteiger partial charge in [-0.2, -0.15) is 0 Å². The molecule has 0 radical (unpaired) electrons. The van der Waals surface area contributed by atoms with E-state index in [-0.39, 0.29) is 11.9 Å². The number of aromatic nitrogens is 1. The largest absolute Gasteiger partial charge is 0.497 e. The Bertz CT molecular complexity index is 752. The topological polar surface area (TPSA) is 67.6 Å². The van der Waals surface area contributed by atoms with Crippen LogP contribution in [0.3, 0.4) is 0 Å². The number of anilines is 1. The molecule has 1 aromatic heterocycles. The number of ether oxygens (including phenoxy) is 1. The Balaban J connectivity index is 1.39. The first-order valence-corrected chi connectivity index (χ1v) is 8.80. The van der Waals surface area contributed by atoms with Crippen LogP contribution in [0.25, 0.3) is 0 Å². The van der Waals surface area contributed by atoms with E-state index in [0.29, 0.717) is 17.5 Å². The van der Waals surface area contributed by atoms with Crippen molar-refractivity contribution in [3.8, 4) is 5.75 Å². The molecule has 2 fully saturated rings. The molecule has 2 heterocycles. The van der Waals surface area contributed by atoms with Gasteiger partial charge in [0, 0.05) is 30.8 Å². The predicted molar refractivity (Wildman–Crippen MR) is 94.1 cm³/mol. The van der Waals surface area contributed by atoms with E-state index in [1.165, 1.54) is 0 Å². The third-order valence-electron chi connectivity index (χ3n) is 5.11. The van der Waals surface area contributed by atoms with Gasteiger partial charge in [0.25, 0.3) is 5.91 Å². The van der Waals surface area contributed by atoms with Crippen LogP contribution < -0.4 is 15.0 Å². The minimum absolute atomic E-state index is 0.0932. The predicted octanol–water partition coefficient (Wildman–Crippen LogP) is 2.82. The number of carbonyl (C=O) groups is 1. The lowest BCUT2D eigenvalue weighted by atomic mass is 10.1. The summed E-state index contributed by atoms with van der Waals surface area (Å²) in [6.07, 6.45) is 2.26. The third-order valence-corrected chi connectivity index (χ3v) is 5.11. The molecule has 25 heavy (non-hydrogen) atoms. The van der Waals surface area contributed by atoms with Crippen molar-refractivity contribution in [2.45, 2.75) is 31.7 Å². The van der Waals surface area contributed by atoms with Gasteiger partial charge in [0.05, 0.1) is 13.2 Å². The fourth-order valence-electron chi connectivity index (χ4n) is 3.36. The second-order valence-corrected chi connectivity index (χ2v) is 7.05. The molecule has 2 aromatic rings. The normalized spacial score (nSPS) is 22.9. The summed E-state index contributed by atoms with van der Waals surface area (Å²) in [6, 6.07) is 9.90. The van der Waals surface area contributed by atoms with E-state index in [4.69, 9.17) is 9.26 Å². The van der Waals surface area contributed by atoms with Crippen molar-refractivity contribution in [3.63, 3.8) is 0 Å². The molecule has 1 saturated heterocycles. The first-order valence-electron chi connectivity index (χ1n) is 8.80. The molecular formula is C19H23N3O3. The van der Waals surface area contributed by atoms with Crippen molar-refractivity contribution in [2.24, 2.45) is 5.92 Å². The number of hydrogen-bond acceptors (Lipinski definition) is 5. The number of nitrogens with one attached hydrogen (secondary N) is 1. The average molecular weight is 341 g/mol. The number of benzene rings is 1. The zero-order chi connectivity index (χ0) is 17.4. The minimum atomic E-state index is -0.149. The summed E-state index contributed by atoms with van der Waals surface area (Å²) in [5.41, 5.74) is 1.53. The molecule has 1 amide bonds. The van der Waals surface area contributed by atoms with Crippen LogP contribution in [-0.4, -0.2) is 37.3 Å². The Morgan fingerprint density at radius 3 is 2.72 bits per heavy atom. The van der Waals surface area contributed by atoms with Crippen LogP contribution in [0, 0.1) is 5.92 Å². The highest BCUT2D eigenvalue weighted by Crippen LogP contribution is 2.40. The third kappa shape index (κ3) is 3.34. The summed E-state index contributed by atoms with van der Waals surface area (Å²) in [5.74, 6) is 2.36. The first-order chi connectivity index (χ1) is 12.1. The molecule has 1 aliphatic heterocycles. The van der Waals surface area contributed by atoms with Crippen LogP contribution in [-0.2, 0) is 0 Å². The summed E-state index contributed by atoms with van der Waals surface area (Å²) in [6.45, 7) is 3.85. The smallest absolute Gasteiger partial charge is 0.273 e. The van der Waals surface area contributed by atoms with Gasteiger partial charge in [0.2, 0.25) is 0 Å². The summed E-state index contributed by atoms with van der Waals surface area (Å²) < 4.78 is 10.5. The van der Waals surface area contributed by atoms with E-state index in [1.807, 2.05) is 12.1 Å². The van der Waals surface area contributed by atoms with Gasteiger partial charge in [-0.25, -0.2) is 0 Å². The molecule has 2 atom stereocenters. The Labute approximate surface area is 147 Å². The van der Waals surface area contributed by atoms with Gasteiger partial charge in [-0.15, -0.1) is 0 Å². The van der Waals surface area contributed by atoms with Gasteiger partial charge >= 0.3 is 0 Å². The van der Waals surface area contributed by atoms with Gasteiger partial charge in [-0.1, -0.05) is 12.1 Å². The molecule has 0 spiro atoms. The van der Waals surface area contributed by atoms with E-state index in [2.05, 4.69) is 34.4 Å². The Kier molecular flexibility index (Phi) is 4.11. The number of amides is 1. The van der Waals surface area contributed by atoms with E-state index in [0.717, 1.165) is 43.1 Å². The summed E-state index contributed by atoms with van der Waals surface area (Å²) in [5, 5.41) is 7.04. The Hall–Kier alpha value is -2.50. The second-order valence-electron chi connectivity index (χ2n) is 7.05. The highest BCUT2D eigenvalue weighted by molar-refractivity contribution is 5.92. The number of nitrogens with zero attached hydrogens (tertiary/aromatic N) is 2. The van der Waals surface area contributed by atoms with Crippen LogP contribution in [0.4, 0.5) is 5.69 Å². The molecule has 6 heteroatoms. The first kappa shape index (κ1) is 16.0. The lowest BCUT2D eigenvalue weighted by Gasteiger charge is -2.19. The summed E-state index contributed by atoms with van der Waals surface area (Å²) in [4.78, 5) is 14.7.